The Balaban J connectivity index is 2.20. The number of sulfonamides is 1. The number of hydrogen-bond acceptors (Lipinski definition) is 5. The van der Waals surface area contributed by atoms with Crippen molar-refractivity contribution < 1.29 is 22.7 Å². The highest BCUT2D eigenvalue weighted by Crippen LogP contribution is 2.27. The van der Waals surface area contributed by atoms with E-state index in [1.807, 2.05) is 0 Å². The van der Waals surface area contributed by atoms with Crippen LogP contribution in [0.1, 0.15) is 19.8 Å². The Labute approximate surface area is 134 Å². The second-order valence-electron chi connectivity index (χ2n) is 5.04. The van der Waals surface area contributed by atoms with Crippen molar-refractivity contribution in [3.8, 4) is 0 Å². The lowest BCUT2D eigenvalue weighted by Crippen LogP contribution is -2.41. The summed E-state index contributed by atoms with van der Waals surface area (Å²) in [7, 11) is -3.80. The number of esters is 1. The predicted octanol–water partition coefficient (Wildman–Crippen LogP) is 1.63. The van der Waals surface area contributed by atoms with E-state index in [0.29, 0.717) is 17.9 Å². The molecular formula is C14H16ClNO5S. The Hall–Kier alpha value is -1.44. The molecule has 0 aromatic heterocycles. The van der Waals surface area contributed by atoms with Crippen molar-refractivity contribution in [1.29, 1.82) is 0 Å². The minimum atomic E-state index is -3.80. The highest BCUT2D eigenvalue weighted by atomic mass is 35.5. The van der Waals surface area contributed by atoms with E-state index in [0.717, 1.165) is 4.31 Å². The van der Waals surface area contributed by atoms with Crippen LogP contribution in [-0.2, 0) is 24.3 Å². The van der Waals surface area contributed by atoms with Crippen LogP contribution in [0.5, 0.6) is 0 Å². The molecule has 1 heterocycles. The van der Waals surface area contributed by atoms with Crippen molar-refractivity contribution in [2.45, 2.75) is 30.7 Å². The topological polar surface area (TPSA) is 80.8 Å². The van der Waals surface area contributed by atoms with Crippen molar-refractivity contribution in [2.75, 3.05) is 13.2 Å². The van der Waals surface area contributed by atoms with Gasteiger partial charge in [-0.1, -0.05) is 11.6 Å². The molecule has 0 spiro atoms. The third-order valence-corrected chi connectivity index (χ3v) is 5.49. The Morgan fingerprint density at radius 2 is 1.95 bits per heavy atom. The van der Waals surface area contributed by atoms with Crippen LogP contribution < -0.4 is 0 Å². The molecule has 1 aliphatic rings. The molecule has 1 aliphatic heterocycles. The number of ether oxygens (including phenoxy) is 1. The molecular weight excluding hydrogens is 330 g/mol. The fraction of sp³-hybridized carbons (Fsp3) is 0.429. The summed E-state index contributed by atoms with van der Waals surface area (Å²) in [5.74, 6) is -0.983. The van der Waals surface area contributed by atoms with Gasteiger partial charge in [0.1, 0.15) is 12.6 Å². The summed E-state index contributed by atoms with van der Waals surface area (Å²) in [6.45, 7) is 1.19. The standard InChI is InChI=1S/C14H16ClNO5S/c1-10(17)9-21-14(18)13-3-2-8-16(13)22(19,20)12-6-4-11(15)5-7-12/h4-7,13H,2-3,8-9H2,1H3/t13-/m0/s1. The van der Waals surface area contributed by atoms with Crippen molar-refractivity contribution in [1.82, 2.24) is 4.31 Å². The molecule has 1 fully saturated rings. The van der Waals surface area contributed by atoms with Crippen LogP contribution >= 0.6 is 11.6 Å². The van der Waals surface area contributed by atoms with Gasteiger partial charge in [0.15, 0.2) is 5.78 Å². The number of hydrogen-bond donors (Lipinski definition) is 0. The number of nitrogens with zero attached hydrogens (tertiary/aromatic N) is 1. The van der Waals surface area contributed by atoms with E-state index >= 15 is 0 Å². The van der Waals surface area contributed by atoms with Crippen LogP contribution in [0.25, 0.3) is 0 Å². The highest BCUT2D eigenvalue weighted by molar-refractivity contribution is 7.89. The van der Waals surface area contributed by atoms with Crippen LogP contribution in [0.15, 0.2) is 29.2 Å². The van der Waals surface area contributed by atoms with E-state index in [1.54, 1.807) is 0 Å². The first-order valence-corrected chi connectivity index (χ1v) is 8.57. The molecule has 0 N–H and O–H groups in total. The molecule has 0 amide bonds. The monoisotopic (exact) mass is 345 g/mol. The maximum Gasteiger partial charge on any atom is 0.324 e. The number of Topliss-reactive ketones (excluding diaryl/α,β-unsaturated/α-hetero) is 1. The van der Waals surface area contributed by atoms with Gasteiger partial charge in [-0.3, -0.25) is 9.59 Å². The number of carbonyl (C=O) groups is 2. The average Bonchev–Trinajstić information content (AvgIpc) is 2.95. The quantitative estimate of drug-likeness (QED) is 0.757. The van der Waals surface area contributed by atoms with Crippen molar-refractivity contribution in [3.05, 3.63) is 29.3 Å². The SMILES string of the molecule is CC(=O)COC(=O)[C@@H]1CCCN1S(=O)(=O)c1ccc(Cl)cc1. The minimum absolute atomic E-state index is 0.0724. The first kappa shape index (κ1) is 16.9. The van der Waals surface area contributed by atoms with Gasteiger partial charge in [-0.15, -0.1) is 0 Å². The molecule has 2 rings (SSSR count). The van der Waals surface area contributed by atoms with E-state index in [1.165, 1.54) is 31.2 Å². The largest absolute Gasteiger partial charge is 0.457 e. The van der Waals surface area contributed by atoms with Crippen LogP contribution in [0.4, 0.5) is 0 Å². The maximum atomic E-state index is 12.6. The highest BCUT2D eigenvalue weighted by Gasteiger charge is 2.40. The van der Waals surface area contributed by atoms with E-state index in [4.69, 9.17) is 16.3 Å². The zero-order chi connectivity index (χ0) is 16.3. The molecule has 120 valence electrons. The molecule has 8 heteroatoms. The summed E-state index contributed by atoms with van der Waals surface area (Å²) in [5, 5.41) is 0.429. The lowest BCUT2D eigenvalue weighted by Gasteiger charge is -2.22. The number of carbonyl (C=O) groups excluding carboxylic acids is 2. The first-order valence-electron chi connectivity index (χ1n) is 6.76. The summed E-state index contributed by atoms with van der Waals surface area (Å²) in [4.78, 5) is 22.9. The van der Waals surface area contributed by atoms with Crippen LogP contribution in [0.3, 0.4) is 0 Å². The normalized spacial score (nSPS) is 19.1. The summed E-state index contributed by atoms with van der Waals surface area (Å²) in [6, 6.07) is 4.86. The summed E-state index contributed by atoms with van der Waals surface area (Å²) in [5.41, 5.74) is 0. The Morgan fingerprint density at radius 3 is 2.55 bits per heavy atom. The fourth-order valence-electron chi connectivity index (χ4n) is 2.27. The van der Waals surface area contributed by atoms with E-state index in [-0.39, 0.29) is 23.8 Å². The number of halogens is 1. The van der Waals surface area contributed by atoms with Gasteiger partial charge in [-0.05, 0) is 44.0 Å². The summed E-state index contributed by atoms with van der Waals surface area (Å²) < 4.78 is 31.2. The van der Waals surface area contributed by atoms with Crippen LogP contribution in [0.2, 0.25) is 5.02 Å². The third kappa shape index (κ3) is 3.66. The maximum absolute atomic E-state index is 12.6. The Kier molecular flexibility index (Phi) is 5.20. The van der Waals surface area contributed by atoms with Crippen molar-refractivity contribution in [3.63, 3.8) is 0 Å². The molecule has 1 aromatic carbocycles. The Bertz CT molecular complexity index is 671. The van der Waals surface area contributed by atoms with Crippen LogP contribution in [-0.4, -0.2) is 43.7 Å². The molecule has 0 radical (unpaired) electrons. The van der Waals surface area contributed by atoms with Gasteiger partial charge in [0.05, 0.1) is 4.90 Å². The van der Waals surface area contributed by atoms with Gasteiger partial charge in [-0.2, -0.15) is 4.31 Å². The van der Waals surface area contributed by atoms with Gasteiger partial charge in [0, 0.05) is 11.6 Å². The molecule has 0 aliphatic carbocycles. The lowest BCUT2D eigenvalue weighted by molar-refractivity contribution is -0.150. The number of ketones is 1. The van der Waals surface area contributed by atoms with E-state index in [9.17, 15) is 18.0 Å². The van der Waals surface area contributed by atoms with Gasteiger partial charge in [-0.25, -0.2) is 8.42 Å². The van der Waals surface area contributed by atoms with E-state index < -0.39 is 22.0 Å². The zero-order valence-corrected chi connectivity index (χ0v) is 13.6. The number of benzene rings is 1. The Morgan fingerprint density at radius 1 is 1.32 bits per heavy atom. The molecule has 0 saturated carbocycles. The summed E-state index contributed by atoms with van der Waals surface area (Å²) in [6.07, 6.45) is 0.941. The molecule has 1 saturated heterocycles. The molecule has 6 nitrogen and oxygen atoms in total. The van der Waals surface area contributed by atoms with Gasteiger partial charge in [0.25, 0.3) is 0 Å². The van der Waals surface area contributed by atoms with E-state index in [2.05, 4.69) is 0 Å². The van der Waals surface area contributed by atoms with Crippen molar-refractivity contribution >= 4 is 33.4 Å². The second kappa shape index (κ2) is 6.76. The predicted molar refractivity (Wildman–Crippen MR) is 80.0 cm³/mol. The zero-order valence-electron chi connectivity index (χ0n) is 12.0. The van der Waals surface area contributed by atoms with Gasteiger partial charge >= 0.3 is 5.97 Å². The number of rotatable bonds is 5. The van der Waals surface area contributed by atoms with Gasteiger partial charge in [0.2, 0.25) is 10.0 Å². The van der Waals surface area contributed by atoms with Gasteiger partial charge < -0.3 is 4.74 Å². The molecule has 1 atom stereocenters. The smallest absolute Gasteiger partial charge is 0.324 e. The summed E-state index contributed by atoms with van der Waals surface area (Å²) >= 11 is 5.76. The molecule has 22 heavy (non-hydrogen) atoms. The first-order chi connectivity index (χ1) is 10.3. The van der Waals surface area contributed by atoms with Crippen molar-refractivity contribution in [2.24, 2.45) is 0 Å². The fourth-order valence-corrected chi connectivity index (χ4v) is 4.05. The lowest BCUT2D eigenvalue weighted by atomic mass is 10.2. The third-order valence-electron chi connectivity index (χ3n) is 3.31. The second-order valence-corrected chi connectivity index (χ2v) is 7.36. The minimum Gasteiger partial charge on any atom is -0.457 e. The molecule has 1 aromatic rings. The molecule has 0 unspecified atom stereocenters. The van der Waals surface area contributed by atoms with Crippen LogP contribution in [0, 0.1) is 0 Å². The average molecular weight is 346 g/mol. The molecule has 0 bridgehead atoms.